The zero-order valence-corrected chi connectivity index (χ0v) is 12.2. The number of carbonyl (C=O) groups is 1. The lowest BCUT2D eigenvalue weighted by molar-refractivity contribution is -0.153. The summed E-state index contributed by atoms with van der Waals surface area (Å²) >= 11 is 7.54. The number of thiazole rings is 1. The highest BCUT2D eigenvalue weighted by Gasteiger charge is 2.49. The maximum absolute atomic E-state index is 12.2. The third-order valence-electron chi connectivity index (χ3n) is 3.63. The Morgan fingerprint density at radius 2 is 2.32 bits per heavy atom. The van der Waals surface area contributed by atoms with Crippen molar-refractivity contribution in [2.75, 3.05) is 6.61 Å². The Morgan fingerprint density at radius 1 is 1.53 bits per heavy atom. The minimum atomic E-state index is -0.508. The summed E-state index contributed by atoms with van der Waals surface area (Å²) in [4.78, 5) is 16.8. The molecule has 3 rings (SSSR count). The van der Waals surface area contributed by atoms with Crippen LogP contribution in [0.4, 0.5) is 0 Å². The maximum Gasteiger partial charge on any atom is 0.319 e. The van der Waals surface area contributed by atoms with Crippen LogP contribution < -0.4 is 0 Å². The topological polar surface area (TPSA) is 39.2 Å². The Kier molecular flexibility index (Phi) is 3.23. The molecule has 3 nitrogen and oxygen atoms in total. The van der Waals surface area contributed by atoms with Crippen molar-refractivity contribution in [3.8, 4) is 0 Å². The Hall–Kier alpha value is -1.13. The number of benzene rings is 1. The van der Waals surface area contributed by atoms with E-state index in [0.29, 0.717) is 11.6 Å². The summed E-state index contributed by atoms with van der Waals surface area (Å²) in [5.41, 5.74) is 0.395. The molecule has 1 aromatic heterocycles. The lowest BCUT2D eigenvalue weighted by atomic mass is 9.69. The van der Waals surface area contributed by atoms with E-state index in [2.05, 4.69) is 4.98 Å². The van der Waals surface area contributed by atoms with Crippen molar-refractivity contribution in [3.05, 3.63) is 28.2 Å². The van der Waals surface area contributed by atoms with Crippen molar-refractivity contribution in [1.29, 1.82) is 0 Å². The van der Waals surface area contributed by atoms with Gasteiger partial charge in [-0.3, -0.25) is 4.79 Å². The first-order valence-electron chi connectivity index (χ1n) is 6.39. The van der Waals surface area contributed by atoms with Crippen LogP contribution in [0, 0.1) is 0 Å². The van der Waals surface area contributed by atoms with Crippen LogP contribution in [-0.4, -0.2) is 17.6 Å². The summed E-state index contributed by atoms with van der Waals surface area (Å²) in [6.07, 6.45) is 2.72. The molecule has 1 aliphatic rings. The van der Waals surface area contributed by atoms with Gasteiger partial charge in [-0.25, -0.2) is 4.98 Å². The molecule has 2 aromatic rings. The summed E-state index contributed by atoms with van der Waals surface area (Å²) in [6.45, 7) is 2.25. The average Bonchev–Trinajstić information content (AvgIpc) is 2.70. The summed E-state index contributed by atoms with van der Waals surface area (Å²) < 4.78 is 6.25. The average molecular weight is 296 g/mol. The quantitative estimate of drug-likeness (QED) is 0.805. The summed E-state index contributed by atoms with van der Waals surface area (Å²) in [7, 11) is 0. The van der Waals surface area contributed by atoms with Gasteiger partial charge in [-0.1, -0.05) is 18.0 Å². The number of hydrogen-bond acceptors (Lipinski definition) is 4. The number of hydrogen-bond donors (Lipinski definition) is 0. The summed E-state index contributed by atoms with van der Waals surface area (Å²) in [5.74, 6) is -0.133. The molecule has 19 heavy (non-hydrogen) atoms. The van der Waals surface area contributed by atoms with Gasteiger partial charge in [0.15, 0.2) is 0 Å². The van der Waals surface area contributed by atoms with Gasteiger partial charge in [0.05, 0.1) is 16.8 Å². The molecule has 0 bridgehead atoms. The van der Waals surface area contributed by atoms with Crippen molar-refractivity contribution in [2.24, 2.45) is 0 Å². The maximum atomic E-state index is 12.2. The van der Waals surface area contributed by atoms with Crippen molar-refractivity contribution in [2.45, 2.75) is 31.6 Å². The lowest BCUT2D eigenvalue weighted by Crippen LogP contribution is -2.43. The summed E-state index contributed by atoms with van der Waals surface area (Å²) in [5, 5.41) is 1.57. The second-order valence-corrected chi connectivity index (χ2v) is 6.25. The van der Waals surface area contributed by atoms with Crippen LogP contribution in [0.1, 0.15) is 31.2 Å². The molecule has 0 aliphatic heterocycles. The molecule has 1 fully saturated rings. The van der Waals surface area contributed by atoms with Crippen LogP contribution >= 0.6 is 22.9 Å². The van der Waals surface area contributed by atoms with Crippen LogP contribution in [0.15, 0.2) is 18.2 Å². The smallest absolute Gasteiger partial charge is 0.319 e. The van der Waals surface area contributed by atoms with E-state index in [4.69, 9.17) is 16.3 Å². The third-order valence-corrected chi connectivity index (χ3v) is 5.09. The molecule has 100 valence electrons. The molecule has 0 saturated heterocycles. The Labute approximate surface area is 120 Å². The standard InChI is InChI=1S/C14H14ClNO2S/c1-2-18-13(17)14(6-3-7-14)12-16-10-5-4-9(15)8-11(10)19-12/h4-5,8H,2-3,6-7H2,1H3. The first-order chi connectivity index (χ1) is 9.15. The monoisotopic (exact) mass is 295 g/mol. The molecule has 1 aromatic carbocycles. The van der Waals surface area contributed by atoms with Gasteiger partial charge in [-0.2, -0.15) is 0 Å². The van der Waals surface area contributed by atoms with E-state index in [1.807, 2.05) is 25.1 Å². The van der Waals surface area contributed by atoms with Crippen LogP contribution in [0.5, 0.6) is 0 Å². The minimum Gasteiger partial charge on any atom is -0.465 e. The van der Waals surface area contributed by atoms with Gasteiger partial charge in [0.2, 0.25) is 0 Å². The molecular weight excluding hydrogens is 282 g/mol. The van der Waals surface area contributed by atoms with E-state index in [1.54, 1.807) is 11.3 Å². The molecule has 0 atom stereocenters. The normalized spacial score (nSPS) is 17.2. The summed E-state index contributed by atoms with van der Waals surface area (Å²) in [6, 6.07) is 5.62. The minimum absolute atomic E-state index is 0.133. The molecule has 0 spiro atoms. The van der Waals surface area contributed by atoms with Gasteiger partial charge in [0.25, 0.3) is 0 Å². The molecule has 0 amide bonds. The lowest BCUT2D eigenvalue weighted by Gasteiger charge is -2.37. The number of aromatic nitrogens is 1. The largest absolute Gasteiger partial charge is 0.465 e. The molecule has 1 heterocycles. The molecule has 0 radical (unpaired) electrons. The Morgan fingerprint density at radius 3 is 2.95 bits per heavy atom. The zero-order chi connectivity index (χ0) is 13.5. The van der Waals surface area contributed by atoms with E-state index >= 15 is 0 Å². The van der Waals surface area contributed by atoms with Crippen LogP contribution in [0.3, 0.4) is 0 Å². The molecule has 0 unspecified atom stereocenters. The van der Waals surface area contributed by atoms with E-state index in [0.717, 1.165) is 34.5 Å². The number of halogens is 1. The SMILES string of the molecule is CCOC(=O)C1(c2nc3ccc(Cl)cc3s2)CCC1. The zero-order valence-electron chi connectivity index (χ0n) is 10.6. The fourth-order valence-electron chi connectivity index (χ4n) is 2.41. The molecule has 0 N–H and O–H groups in total. The van der Waals surface area contributed by atoms with Crippen molar-refractivity contribution >= 4 is 39.1 Å². The molecule has 1 aliphatic carbocycles. The molecule has 1 saturated carbocycles. The van der Waals surface area contributed by atoms with Crippen molar-refractivity contribution in [1.82, 2.24) is 4.98 Å². The number of nitrogens with zero attached hydrogens (tertiary/aromatic N) is 1. The number of ether oxygens (including phenoxy) is 1. The van der Waals surface area contributed by atoms with Crippen LogP contribution in [0.2, 0.25) is 5.02 Å². The van der Waals surface area contributed by atoms with Crippen molar-refractivity contribution in [3.63, 3.8) is 0 Å². The number of esters is 1. The van der Waals surface area contributed by atoms with Gasteiger partial charge < -0.3 is 4.74 Å². The van der Waals surface area contributed by atoms with E-state index in [-0.39, 0.29) is 5.97 Å². The molecular formula is C14H14ClNO2S. The van der Waals surface area contributed by atoms with Gasteiger partial charge in [-0.15, -0.1) is 11.3 Å². The second-order valence-electron chi connectivity index (χ2n) is 4.79. The number of rotatable bonds is 3. The van der Waals surface area contributed by atoms with Crippen LogP contribution in [-0.2, 0) is 14.9 Å². The third kappa shape index (κ3) is 2.03. The second kappa shape index (κ2) is 4.76. The highest BCUT2D eigenvalue weighted by molar-refractivity contribution is 7.18. The number of carbonyl (C=O) groups excluding carboxylic acids is 1. The predicted octanol–water partition coefficient (Wildman–Crippen LogP) is 3.93. The van der Waals surface area contributed by atoms with E-state index in [1.165, 1.54) is 0 Å². The Balaban J connectivity index is 2.04. The fraction of sp³-hybridized carbons (Fsp3) is 0.429. The van der Waals surface area contributed by atoms with Gasteiger partial charge in [0, 0.05) is 5.02 Å². The number of fused-ring (bicyclic) bond motifs is 1. The predicted molar refractivity (Wildman–Crippen MR) is 76.8 cm³/mol. The first-order valence-corrected chi connectivity index (χ1v) is 7.59. The van der Waals surface area contributed by atoms with Gasteiger partial charge >= 0.3 is 5.97 Å². The van der Waals surface area contributed by atoms with Crippen molar-refractivity contribution < 1.29 is 9.53 Å². The Bertz CT molecular complexity index is 633. The van der Waals surface area contributed by atoms with E-state index < -0.39 is 5.41 Å². The highest BCUT2D eigenvalue weighted by Crippen LogP contribution is 2.47. The van der Waals surface area contributed by atoms with E-state index in [9.17, 15) is 4.79 Å². The first kappa shape index (κ1) is 12.9. The van der Waals surface area contributed by atoms with Gasteiger partial charge in [-0.05, 0) is 38.0 Å². The van der Waals surface area contributed by atoms with Crippen LogP contribution in [0.25, 0.3) is 10.2 Å². The van der Waals surface area contributed by atoms with Gasteiger partial charge in [0.1, 0.15) is 10.4 Å². The fourth-order valence-corrected chi connectivity index (χ4v) is 3.88. The molecule has 5 heteroatoms. The highest BCUT2D eigenvalue weighted by atomic mass is 35.5.